The van der Waals surface area contributed by atoms with Crippen molar-refractivity contribution in [3.8, 4) is 0 Å². The second-order valence-corrected chi connectivity index (χ2v) is 6.12. The van der Waals surface area contributed by atoms with Crippen LogP contribution in [0.3, 0.4) is 0 Å². The lowest BCUT2D eigenvalue weighted by atomic mass is 9.95. The van der Waals surface area contributed by atoms with Crippen LogP contribution < -0.4 is 5.32 Å². The fraction of sp³-hybridized carbons (Fsp3) is 0.556. The van der Waals surface area contributed by atoms with Crippen LogP contribution in [0.1, 0.15) is 55.8 Å². The van der Waals surface area contributed by atoms with Crippen molar-refractivity contribution in [2.75, 3.05) is 6.61 Å². The predicted octanol–water partition coefficient (Wildman–Crippen LogP) is 2.98. The van der Waals surface area contributed by atoms with E-state index in [1.54, 1.807) is 0 Å². The molecule has 0 saturated carbocycles. The third-order valence-corrected chi connectivity index (χ3v) is 4.12. The van der Waals surface area contributed by atoms with Crippen LogP contribution in [0.2, 0.25) is 0 Å². The Morgan fingerprint density at radius 1 is 1.22 bits per heavy atom. The Hall–Kier alpha value is -1.88. The first-order chi connectivity index (χ1) is 11.1. The SMILES string of the molecule is Cc1ccc(C2OCCCC2NC(=O)CCCCC(=O)O)cc1. The lowest BCUT2D eigenvalue weighted by molar-refractivity contribution is -0.137. The lowest BCUT2D eigenvalue weighted by Gasteiger charge is -2.32. The maximum Gasteiger partial charge on any atom is 0.303 e. The standard InChI is InChI=1S/C18H25NO4/c1-13-8-10-14(11-9-13)18-15(5-4-12-23-18)19-16(20)6-2-3-7-17(21)22/h8-11,15,18H,2-7,12H2,1H3,(H,19,20)(H,21,22). The van der Waals surface area contributed by atoms with Crippen molar-refractivity contribution < 1.29 is 19.4 Å². The number of amides is 1. The van der Waals surface area contributed by atoms with Gasteiger partial charge >= 0.3 is 5.97 Å². The topological polar surface area (TPSA) is 75.6 Å². The van der Waals surface area contributed by atoms with Gasteiger partial charge in [0.1, 0.15) is 6.10 Å². The van der Waals surface area contributed by atoms with Gasteiger partial charge < -0.3 is 15.2 Å². The predicted molar refractivity (Wildman–Crippen MR) is 87.1 cm³/mol. The molecule has 1 aromatic rings. The lowest BCUT2D eigenvalue weighted by Crippen LogP contribution is -2.42. The highest BCUT2D eigenvalue weighted by Crippen LogP contribution is 2.28. The van der Waals surface area contributed by atoms with Gasteiger partial charge in [0.15, 0.2) is 0 Å². The van der Waals surface area contributed by atoms with E-state index in [0.29, 0.717) is 25.9 Å². The van der Waals surface area contributed by atoms with Crippen LogP contribution in [0.4, 0.5) is 0 Å². The van der Waals surface area contributed by atoms with Crippen molar-refractivity contribution in [2.45, 2.75) is 57.6 Å². The Bertz CT molecular complexity index is 526. The van der Waals surface area contributed by atoms with Gasteiger partial charge in [-0.15, -0.1) is 0 Å². The van der Waals surface area contributed by atoms with Crippen LogP contribution in [0.25, 0.3) is 0 Å². The van der Waals surface area contributed by atoms with Gasteiger partial charge in [0, 0.05) is 19.4 Å². The molecule has 2 N–H and O–H groups in total. The first kappa shape index (κ1) is 17.5. The number of carboxylic acids is 1. The van der Waals surface area contributed by atoms with Gasteiger partial charge in [-0.25, -0.2) is 0 Å². The molecular weight excluding hydrogens is 294 g/mol. The van der Waals surface area contributed by atoms with E-state index >= 15 is 0 Å². The number of ether oxygens (including phenoxy) is 1. The number of hydrogen-bond donors (Lipinski definition) is 2. The molecule has 23 heavy (non-hydrogen) atoms. The van der Waals surface area contributed by atoms with E-state index < -0.39 is 5.97 Å². The van der Waals surface area contributed by atoms with E-state index in [9.17, 15) is 9.59 Å². The number of rotatable bonds is 7. The Balaban J connectivity index is 1.87. The molecule has 5 nitrogen and oxygen atoms in total. The molecule has 1 heterocycles. The van der Waals surface area contributed by atoms with Crippen molar-refractivity contribution in [1.29, 1.82) is 0 Å². The largest absolute Gasteiger partial charge is 0.481 e. The summed E-state index contributed by atoms with van der Waals surface area (Å²) in [6.07, 6.45) is 3.35. The summed E-state index contributed by atoms with van der Waals surface area (Å²) in [6.45, 7) is 2.76. The number of carbonyl (C=O) groups excluding carboxylic acids is 1. The van der Waals surface area contributed by atoms with E-state index in [2.05, 4.69) is 29.6 Å². The zero-order valence-corrected chi connectivity index (χ0v) is 13.6. The van der Waals surface area contributed by atoms with Crippen LogP contribution in [-0.4, -0.2) is 29.6 Å². The van der Waals surface area contributed by atoms with Crippen LogP contribution in [0.5, 0.6) is 0 Å². The van der Waals surface area contributed by atoms with Crippen molar-refractivity contribution in [3.63, 3.8) is 0 Å². The maximum absolute atomic E-state index is 12.1. The average molecular weight is 319 g/mol. The van der Waals surface area contributed by atoms with Gasteiger partial charge in [-0.1, -0.05) is 29.8 Å². The van der Waals surface area contributed by atoms with Gasteiger partial charge in [-0.3, -0.25) is 9.59 Å². The molecule has 2 rings (SSSR count). The molecule has 5 heteroatoms. The molecule has 1 aliphatic rings. The normalized spacial score (nSPS) is 20.9. The summed E-state index contributed by atoms with van der Waals surface area (Å²) in [5.41, 5.74) is 2.29. The van der Waals surface area contributed by atoms with E-state index in [-0.39, 0.29) is 24.5 Å². The minimum atomic E-state index is -0.814. The van der Waals surface area contributed by atoms with Gasteiger partial charge in [-0.2, -0.15) is 0 Å². The second kappa shape index (κ2) is 8.67. The zero-order valence-electron chi connectivity index (χ0n) is 13.6. The number of hydrogen-bond acceptors (Lipinski definition) is 3. The molecule has 1 amide bonds. The van der Waals surface area contributed by atoms with E-state index in [4.69, 9.17) is 9.84 Å². The summed E-state index contributed by atoms with van der Waals surface area (Å²) < 4.78 is 5.88. The minimum Gasteiger partial charge on any atom is -0.481 e. The molecule has 126 valence electrons. The number of unbranched alkanes of at least 4 members (excludes halogenated alkanes) is 1. The van der Waals surface area contributed by atoms with E-state index in [1.165, 1.54) is 5.56 Å². The molecule has 2 unspecified atom stereocenters. The van der Waals surface area contributed by atoms with Crippen molar-refractivity contribution >= 4 is 11.9 Å². The van der Waals surface area contributed by atoms with E-state index in [0.717, 1.165) is 18.4 Å². The van der Waals surface area contributed by atoms with Gasteiger partial charge in [0.2, 0.25) is 5.91 Å². The highest BCUT2D eigenvalue weighted by atomic mass is 16.5. The van der Waals surface area contributed by atoms with Crippen LogP contribution in [0, 0.1) is 6.92 Å². The zero-order chi connectivity index (χ0) is 16.7. The number of carbonyl (C=O) groups is 2. The Kier molecular flexibility index (Phi) is 6.59. The Labute approximate surface area is 137 Å². The summed E-state index contributed by atoms with van der Waals surface area (Å²) in [5.74, 6) is -0.839. The van der Waals surface area contributed by atoms with Crippen LogP contribution >= 0.6 is 0 Å². The first-order valence-corrected chi connectivity index (χ1v) is 8.25. The Morgan fingerprint density at radius 3 is 2.61 bits per heavy atom. The van der Waals surface area contributed by atoms with E-state index in [1.807, 2.05) is 6.92 Å². The summed E-state index contributed by atoms with van der Waals surface area (Å²) in [5, 5.41) is 11.7. The summed E-state index contributed by atoms with van der Waals surface area (Å²) in [7, 11) is 0. The summed E-state index contributed by atoms with van der Waals surface area (Å²) in [4.78, 5) is 22.5. The number of benzene rings is 1. The van der Waals surface area contributed by atoms with Crippen LogP contribution in [-0.2, 0) is 14.3 Å². The summed E-state index contributed by atoms with van der Waals surface area (Å²) >= 11 is 0. The van der Waals surface area contributed by atoms with Crippen molar-refractivity contribution in [1.82, 2.24) is 5.32 Å². The molecule has 1 aromatic carbocycles. The number of carboxylic acid groups (broad SMARTS) is 1. The maximum atomic E-state index is 12.1. The molecule has 1 aliphatic heterocycles. The van der Waals surface area contributed by atoms with Crippen LogP contribution in [0.15, 0.2) is 24.3 Å². The quantitative estimate of drug-likeness (QED) is 0.758. The fourth-order valence-electron chi connectivity index (χ4n) is 2.85. The number of aliphatic carboxylic acids is 1. The van der Waals surface area contributed by atoms with Crippen molar-refractivity contribution in [2.24, 2.45) is 0 Å². The minimum absolute atomic E-state index is 0.0153. The van der Waals surface area contributed by atoms with Crippen molar-refractivity contribution in [3.05, 3.63) is 35.4 Å². The fourth-order valence-corrected chi connectivity index (χ4v) is 2.85. The van der Waals surface area contributed by atoms with Gasteiger partial charge in [0.25, 0.3) is 0 Å². The molecule has 1 fully saturated rings. The molecule has 1 saturated heterocycles. The molecule has 0 radical (unpaired) electrons. The third kappa shape index (κ3) is 5.67. The number of aryl methyl sites for hydroxylation is 1. The average Bonchev–Trinajstić information content (AvgIpc) is 2.53. The second-order valence-electron chi connectivity index (χ2n) is 6.12. The molecular formula is C18H25NO4. The van der Waals surface area contributed by atoms with Gasteiger partial charge in [0.05, 0.1) is 6.04 Å². The summed E-state index contributed by atoms with van der Waals surface area (Å²) in [6, 6.07) is 8.20. The first-order valence-electron chi connectivity index (χ1n) is 8.25. The Morgan fingerprint density at radius 2 is 1.91 bits per heavy atom. The molecule has 0 aliphatic carbocycles. The smallest absolute Gasteiger partial charge is 0.303 e. The highest BCUT2D eigenvalue weighted by molar-refractivity contribution is 5.76. The molecule has 0 aromatic heterocycles. The molecule has 2 atom stereocenters. The monoisotopic (exact) mass is 319 g/mol. The third-order valence-electron chi connectivity index (χ3n) is 4.12. The highest BCUT2D eigenvalue weighted by Gasteiger charge is 2.28. The molecule has 0 spiro atoms. The van der Waals surface area contributed by atoms with Gasteiger partial charge in [-0.05, 0) is 38.2 Å². The molecule has 0 bridgehead atoms. The number of nitrogens with one attached hydrogen (secondary N) is 1.